The minimum absolute atomic E-state index is 0.172. The van der Waals surface area contributed by atoms with E-state index < -0.39 is 61.7 Å². The smallest absolute Gasteiger partial charge is 0.380 e. The second-order valence-electron chi connectivity index (χ2n) is 6.24. The molecule has 2 N–H and O–H groups in total. The molecule has 0 aromatic carbocycles. The average Bonchev–Trinajstić information content (AvgIpc) is 3.17. The first-order valence-corrected chi connectivity index (χ1v) is 9.34. The molecule has 0 radical (unpaired) electrons. The number of rotatable bonds is 4. The van der Waals surface area contributed by atoms with Crippen LogP contribution >= 0.6 is 22.7 Å². The van der Waals surface area contributed by atoms with E-state index in [1.54, 1.807) is 0 Å². The Balaban J connectivity index is 2.45. The van der Waals surface area contributed by atoms with Crippen molar-refractivity contribution in [1.29, 1.82) is 0 Å². The van der Waals surface area contributed by atoms with Crippen molar-refractivity contribution >= 4 is 45.8 Å². The zero-order valence-corrected chi connectivity index (χ0v) is 16.1. The third kappa shape index (κ3) is 2.80. The first-order chi connectivity index (χ1) is 13.1. The van der Waals surface area contributed by atoms with E-state index in [1.807, 2.05) is 0 Å². The van der Waals surface area contributed by atoms with Crippen molar-refractivity contribution in [1.82, 2.24) is 0 Å². The number of carboxylic acid groups (broad SMARTS) is 2. The van der Waals surface area contributed by atoms with Crippen molar-refractivity contribution in [2.75, 3.05) is 0 Å². The van der Waals surface area contributed by atoms with Gasteiger partial charge in [0, 0.05) is 20.9 Å². The number of alkyl halides is 6. The zero-order valence-electron chi connectivity index (χ0n) is 14.4. The van der Waals surface area contributed by atoms with E-state index in [1.165, 1.54) is 0 Å². The van der Waals surface area contributed by atoms with Crippen molar-refractivity contribution in [3.63, 3.8) is 0 Å². The monoisotopic (exact) mass is 456 g/mol. The van der Waals surface area contributed by atoms with Crippen LogP contribution in [0.25, 0.3) is 11.1 Å². The highest BCUT2D eigenvalue weighted by molar-refractivity contribution is 7.14. The number of aromatic carboxylic acids is 2. The van der Waals surface area contributed by atoms with Crippen molar-refractivity contribution in [3.8, 4) is 0 Å². The van der Waals surface area contributed by atoms with E-state index >= 15 is 0 Å². The molecule has 156 valence electrons. The molecular formula is C17H10F6O4S2. The van der Waals surface area contributed by atoms with Crippen LogP contribution in [-0.4, -0.2) is 39.9 Å². The molecule has 1 aliphatic carbocycles. The average molecular weight is 456 g/mol. The molecule has 3 rings (SSSR count). The third-order valence-corrected chi connectivity index (χ3v) is 6.54. The lowest BCUT2D eigenvalue weighted by atomic mass is 9.95. The number of carboxylic acids is 2. The number of halogens is 6. The van der Waals surface area contributed by atoms with Crippen molar-refractivity contribution < 1.29 is 46.1 Å². The number of hydrogen-bond donors (Lipinski definition) is 2. The van der Waals surface area contributed by atoms with Crippen molar-refractivity contribution in [2.24, 2.45) is 0 Å². The summed E-state index contributed by atoms with van der Waals surface area (Å²) in [7, 11) is 0. The number of carbonyl (C=O) groups is 2. The molecule has 0 atom stereocenters. The van der Waals surface area contributed by atoms with E-state index in [2.05, 4.69) is 0 Å². The molecule has 0 amide bonds. The van der Waals surface area contributed by atoms with Crippen LogP contribution in [-0.2, 0) is 0 Å². The summed E-state index contributed by atoms with van der Waals surface area (Å²) in [6.45, 7) is 2.29. The predicted molar refractivity (Wildman–Crippen MR) is 93.7 cm³/mol. The normalized spacial score (nSPS) is 19.6. The lowest BCUT2D eigenvalue weighted by molar-refractivity contribution is -0.254. The highest BCUT2D eigenvalue weighted by Gasteiger charge is 2.80. The molecule has 2 aromatic rings. The third-order valence-electron chi connectivity index (χ3n) is 4.46. The Hall–Kier alpha value is -2.34. The molecule has 4 nitrogen and oxygen atoms in total. The Morgan fingerprint density at radius 1 is 0.759 bits per heavy atom. The molecule has 0 fully saturated rings. The maximum absolute atomic E-state index is 14.6. The van der Waals surface area contributed by atoms with Gasteiger partial charge in [0.25, 0.3) is 0 Å². The summed E-state index contributed by atoms with van der Waals surface area (Å²) in [5, 5.41) is 18.1. The number of allylic oxidation sites excluding steroid dienone is 2. The van der Waals surface area contributed by atoms with E-state index in [-0.39, 0.29) is 9.75 Å². The van der Waals surface area contributed by atoms with Crippen LogP contribution in [0, 0.1) is 13.8 Å². The SMILES string of the molecule is Cc1sc(C(=O)O)cc1C1=C(c2cc(C(=O)O)sc2C)C(F)(F)C(F)(F)C1(F)F. The van der Waals surface area contributed by atoms with Crippen LogP contribution in [0.2, 0.25) is 0 Å². The van der Waals surface area contributed by atoms with Gasteiger partial charge in [-0.1, -0.05) is 0 Å². The summed E-state index contributed by atoms with van der Waals surface area (Å²) >= 11 is 0.947. The van der Waals surface area contributed by atoms with Crippen molar-refractivity contribution in [3.05, 3.63) is 42.8 Å². The van der Waals surface area contributed by atoms with E-state index in [9.17, 15) is 35.9 Å². The van der Waals surface area contributed by atoms with Gasteiger partial charge in [0.15, 0.2) is 0 Å². The van der Waals surface area contributed by atoms with Gasteiger partial charge in [-0.15, -0.1) is 22.7 Å². The Kier molecular flexibility index (Phi) is 4.66. The summed E-state index contributed by atoms with van der Waals surface area (Å²) in [6, 6.07) is 1.28. The maximum Gasteiger partial charge on any atom is 0.380 e. The fraction of sp³-hybridized carbons (Fsp3) is 0.294. The standard InChI is InChI=1S/C17H10F6O4S2/c1-5-7(3-9(28-5)13(24)25)11-12(8-4-10(14(26)27)29-6(8)2)16(20,21)17(22,23)15(11,18)19/h3-4H,1-2H3,(H,24,25)(H,26,27). The molecule has 0 bridgehead atoms. The molecule has 0 spiro atoms. The molecule has 29 heavy (non-hydrogen) atoms. The van der Waals surface area contributed by atoms with E-state index in [4.69, 9.17) is 10.2 Å². The van der Waals surface area contributed by atoms with Crippen LogP contribution < -0.4 is 0 Å². The number of thiophene rings is 2. The lowest BCUT2D eigenvalue weighted by Gasteiger charge is -2.25. The molecule has 0 unspecified atom stereocenters. The maximum atomic E-state index is 14.6. The van der Waals surface area contributed by atoms with Gasteiger partial charge < -0.3 is 10.2 Å². The summed E-state index contributed by atoms with van der Waals surface area (Å²) in [5.74, 6) is -19.5. The van der Waals surface area contributed by atoms with Gasteiger partial charge >= 0.3 is 29.7 Å². The molecule has 1 aliphatic rings. The number of aryl methyl sites for hydroxylation is 2. The van der Waals surface area contributed by atoms with Crippen LogP contribution in [0.15, 0.2) is 12.1 Å². The van der Waals surface area contributed by atoms with Crippen LogP contribution in [0.1, 0.15) is 40.2 Å². The quantitative estimate of drug-likeness (QED) is 0.583. The van der Waals surface area contributed by atoms with Gasteiger partial charge in [0.05, 0.1) is 0 Å². The van der Waals surface area contributed by atoms with E-state index in [0.29, 0.717) is 34.8 Å². The molecule has 2 heterocycles. The fourth-order valence-corrected chi connectivity index (χ4v) is 4.83. The predicted octanol–water partition coefficient (Wildman–Crippen LogP) is 5.65. The molecule has 0 saturated carbocycles. The Bertz CT molecular complexity index is 998. The van der Waals surface area contributed by atoms with Gasteiger partial charge in [-0.05, 0) is 37.1 Å². The zero-order chi connectivity index (χ0) is 22.1. The van der Waals surface area contributed by atoms with Crippen LogP contribution in [0.4, 0.5) is 26.3 Å². The largest absolute Gasteiger partial charge is 0.477 e. The second-order valence-corrected chi connectivity index (χ2v) is 8.76. The summed E-state index contributed by atoms with van der Waals surface area (Å²) in [6.07, 6.45) is 0. The molecule has 0 aliphatic heterocycles. The van der Waals surface area contributed by atoms with Crippen molar-refractivity contribution in [2.45, 2.75) is 31.6 Å². The van der Waals surface area contributed by atoms with Crippen LogP contribution in [0.5, 0.6) is 0 Å². The minimum atomic E-state index is -5.81. The van der Waals surface area contributed by atoms with Gasteiger partial charge in [0.2, 0.25) is 0 Å². The molecule has 0 saturated heterocycles. The Morgan fingerprint density at radius 3 is 1.31 bits per heavy atom. The fourth-order valence-electron chi connectivity index (χ4n) is 3.10. The first-order valence-electron chi connectivity index (χ1n) is 7.71. The topological polar surface area (TPSA) is 74.6 Å². The highest BCUT2D eigenvalue weighted by Crippen LogP contribution is 2.65. The first kappa shape index (κ1) is 21.4. The van der Waals surface area contributed by atoms with Gasteiger partial charge in [0.1, 0.15) is 9.75 Å². The van der Waals surface area contributed by atoms with Gasteiger partial charge in [-0.3, -0.25) is 0 Å². The summed E-state index contributed by atoms with van der Waals surface area (Å²) in [5.41, 5.74) is -4.89. The Morgan fingerprint density at radius 2 is 1.07 bits per heavy atom. The Labute approximate surface area is 166 Å². The number of hydrogen-bond acceptors (Lipinski definition) is 4. The van der Waals surface area contributed by atoms with Gasteiger partial charge in [-0.2, -0.15) is 26.3 Å². The lowest BCUT2D eigenvalue weighted by Crippen LogP contribution is -2.48. The second kappa shape index (κ2) is 6.33. The van der Waals surface area contributed by atoms with E-state index in [0.717, 1.165) is 13.8 Å². The van der Waals surface area contributed by atoms with Gasteiger partial charge in [-0.25, -0.2) is 9.59 Å². The molecular weight excluding hydrogens is 446 g/mol. The highest BCUT2D eigenvalue weighted by atomic mass is 32.1. The molecule has 2 aromatic heterocycles. The summed E-state index contributed by atoms with van der Waals surface area (Å²) in [4.78, 5) is 20.9. The summed E-state index contributed by atoms with van der Waals surface area (Å²) < 4.78 is 87.0. The minimum Gasteiger partial charge on any atom is -0.477 e. The molecule has 12 heteroatoms. The van der Waals surface area contributed by atoms with Crippen LogP contribution in [0.3, 0.4) is 0 Å².